The molecule has 0 atom stereocenters. The second kappa shape index (κ2) is 8.34. The predicted molar refractivity (Wildman–Crippen MR) is 113 cm³/mol. The van der Waals surface area contributed by atoms with Crippen LogP contribution in [0.3, 0.4) is 0 Å². The van der Waals surface area contributed by atoms with Crippen LogP contribution < -0.4 is 10.2 Å². The van der Waals surface area contributed by atoms with E-state index in [1.54, 1.807) is 25.2 Å². The van der Waals surface area contributed by atoms with Gasteiger partial charge in [0.1, 0.15) is 0 Å². The number of thiazole rings is 1. The number of nitrogens with zero attached hydrogens (tertiary/aromatic N) is 4. The van der Waals surface area contributed by atoms with Gasteiger partial charge in [-0.25, -0.2) is 13.4 Å². The van der Waals surface area contributed by atoms with Gasteiger partial charge in [-0.15, -0.1) is 11.3 Å². The molecule has 9 heteroatoms. The summed E-state index contributed by atoms with van der Waals surface area (Å²) in [5, 5.41) is 6.57. The van der Waals surface area contributed by atoms with E-state index < -0.39 is 14.6 Å². The number of aromatic nitrogens is 1. The van der Waals surface area contributed by atoms with Crippen molar-refractivity contribution in [3.05, 3.63) is 11.1 Å². The van der Waals surface area contributed by atoms with Crippen molar-refractivity contribution in [1.29, 1.82) is 0 Å². The molecule has 2 fully saturated rings. The van der Waals surface area contributed by atoms with Crippen molar-refractivity contribution in [2.75, 3.05) is 49.9 Å². The molecule has 2 aliphatic heterocycles. The van der Waals surface area contributed by atoms with Gasteiger partial charge in [0.2, 0.25) is 0 Å². The SMILES string of the molecule is CCNC(=NCCc1csc(N2CCCC2)n1)N1CCS(=O)(=O)C(C)(C)C1. The molecule has 1 aromatic rings. The van der Waals surface area contributed by atoms with Crippen LogP contribution >= 0.6 is 11.3 Å². The highest BCUT2D eigenvalue weighted by atomic mass is 32.2. The lowest BCUT2D eigenvalue weighted by Crippen LogP contribution is -2.57. The summed E-state index contributed by atoms with van der Waals surface area (Å²) in [6.07, 6.45) is 3.31. The maximum Gasteiger partial charge on any atom is 0.194 e. The van der Waals surface area contributed by atoms with Crippen LogP contribution in [-0.4, -0.2) is 74.0 Å². The van der Waals surface area contributed by atoms with E-state index in [9.17, 15) is 8.42 Å². The van der Waals surface area contributed by atoms with E-state index in [0.29, 0.717) is 19.6 Å². The van der Waals surface area contributed by atoms with Crippen molar-refractivity contribution < 1.29 is 8.42 Å². The molecule has 3 rings (SSSR count). The lowest BCUT2D eigenvalue weighted by molar-refractivity contribution is 0.353. The van der Waals surface area contributed by atoms with Gasteiger partial charge >= 0.3 is 0 Å². The number of anilines is 1. The Bertz CT molecular complexity index is 766. The average molecular weight is 414 g/mol. The molecule has 0 aliphatic carbocycles. The van der Waals surface area contributed by atoms with Crippen LogP contribution in [0.15, 0.2) is 10.4 Å². The van der Waals surface area contributed by atoms with Crippen molar-refractivity contribution in [3.63, 3.8) is 0 Å². The summed E-state index contributed by atoms with van der Waals surface area (Å²) in [5.74, 6) is 0.978. The molecule has 0 radical (unpaired) electrons. The first-order valence-electron chi connectivity index (χ1n) is 9.77. The Hall–Kier alpha value is -1.35. The van der Waals surface area contributed by atoms with Gasteiger partial charge in [-0.3, -0.25) is 4.99 Å². The predicted octanol–water partition coefficient (Wildman–Crippen LogP) is 1.76. The summed E-state index contributed by atoms with van der Waals surface area (Å²) in [7, 11) is -3.05. The summed E-state index contributed by atoms with van der Waals surface area (Å²) in [6.45, 7) is 10.2. The first-order valence-corrected chi connectivity index (χ1v) is 12.3. The fourth-order valence-electron chi connectivity index (χ4n) is 3.49. The number of guanidine groups is 1. The van der Waals surface area contributed by atoms with Gasteiger partial charge in [0.05, 0.1) is 16.2 Å². The van der Waals surface area contributed by atoms with Gasteiger partial charge in [0.25, 0.3) is 0 Å². The number of nitrogens with one attached hydrogen (secondary N) is 1. The average Bonchev–Trinajstić information content (AvgIpc) is 3.28. The fourth-order valence-corrected chi connectivity index (χ4v) is 5.77. The Morgan fingerprint density at radius 2 is 2.07 bits per heavy atom. The first kappa shape index (κ1) is 20.4. The maximum atomic E-state index is 12.2. The number of aliphatic imine (C=N–C) groups is 1. The summed E-state index contributed by atoms with van der Waals surface area (Å²) < 4.78 is 23.7. The Kier molecular flexibility index (Phi) is 6.30. The second-order valence-electron chi connectivity index (χ2n) is 7.80. The van der Waals surface area contributed by atoms with Gasteiger partial charge in [-0.1, -0.05) is 0 Å². The summed E-state index contributed by atoms with van der Waals surface area (Å²) in [6, 6.07) is 0. The molecule has 7 nitrogen and oxygen atoms in total. The highest BCUT2D eigenvalue weighted by Crippen LogP contribution is 2.25. The molecular weight excluding hydrogens is 382 g/mol. The van der Waals surface area contributed by atoms with Gasteiger partial charge in [-0.05, 0) is 33.6 Å². The van der Waals surface area contributed by atoms with E-state index >= 15 is 0 Å². The first-order chi connectivity index (χ1) is 12.8. The van der Waals surface area contributed by atoms with Crippen molar-refractivity contribution in [2.24, 2.45) is 4.99 Å². The van der Waals surface area contributed by atoms with Crippen LogP contribution in [0.25, 0.3) is 0 Å². The molecule has 0 unspecified atom stereocenters. The topological polar surface area (TPSA) is 77.9 Å². The summed E-state index contributed by atoms with van der Waals surface area (Å²) in [5.41, 5.74) is 1.09. The smallest absolute Gasteiger partial charge is 0.194 e. The number of hydrogen-bond acceptors (Lipinski definition) is 6. The van der Waals surface area contributed by atoms with Crippen molar-refractivity contribution in [3.8, 4) is 0 Å². The van der Waals surface area contributed by atoms with Crippen molar-refractivity contribution >= 4 is 32.3 Å². The van der Waals surface area contributed by atoms with Crippen molar-refractivity contribution in [2.45, 2.75) is 44.8 Å². The molecule has 0 saturated carbocycles. The zero-order valence-electron chi connectivity index (χ0n) is 16.6. The van der Waals surface area contributed by atoms with E-state index in [4.69, 9.17) is 9.98 Å². The van der Waals surface area contributed by atoms with Crippen molar-refractivity contribution in [1.82, 2.24) is 15.2 Å². The van der Waals surface area contributed by atoms with E-state index in [2.05, 4.69) is 20.5 Å². The van der Waals surface area contributed by atoms with E-state index in [-0.39, 0.29) is 5.75 Å². The third-order valence-corrected chi connectivity index (χ3v) is 8.71. The zero-order valence-corrected chi connectivity index (χ0v) is 18.2. The molecule has 0 bridgehead atoms. The van der Waals surface area contributed by atoms with Gasteiger partial charge in [0.15, 0.2) is 20.9 Å². The molecule has 2 saturated heterocycles. The summed E-state index contributed by atoms with van der Waals surface area (Å²) in [4.78, 5) is 13.9. The van der Waals surface area contributed by atoms with E-state index in [0.717, 1.165) is 42.8 Å². The Morgan fingerprint density at radius 1 is 1.33 bits per heavy atom. The molecule has 0 amide bonds. The molecule has 2 aliphatic rings. The molecule has 152 valence electrons. The quantitative estimate of drug-likeness (QED) is 0.585. The molecule has 1 aromatic heterocycles. The van der Waals surface area contributed by atoms with Crippen LogP contribution in [0.4, 0.5) is 5.13 Å². The molecule has 0 aromatic carbocycles. The van der Waals surface area contributed by atoms with Crippen LogP contribution in [0, 0.1) is 0 Å². The summed E-state index contributed by atoms with van der Waals surface area (Å²) >= 11 is 1.72. The minimum Gasteiger partial charge on any atom is -0.357 e. The minimum absolute atomic E-state index is 0.176. The standard InChI is InChI=1S/C18H31N5O2S2/c1-4-19-16(23-11-12-27(24,25)18(2,3)14-23)20-8-7-15-13-26-17(21-15)22-9-5-6-10-22/h13H,4-12,14H2,1-3H3,(H,19,20). The molecular formula is C18H31N5O2S2. The lowest BCUT2D eigenvalue weighted by Gasteiger charge is -2.39. The van der Waals surface area contributed by atoms with E-state index in [1.165, 1.54) is 12.8 Å². The molecule has 27 heavy (non-hydrogen) atoms. The van der Waals surface area contributed by atoms with E-state index in [1.807, 2.05) is 6.92 Å². The lowest BCUT2D eigenvalue weighted by atomic mass is 10.2. The Morgan fingerprint density at radius 3 is 2.74 bits per heavy atom. The largest absolute Gasteiger partial charge is 0.357 e. The number of rotatable bonds is 5. The van der Waals surface area contributed by atoms with Crippen LogP contribution in [0.1, 0.15) is 39.3 Å². The monoisotopic (exact) mass is 413 g/mol. The molecule has 0 spiro atoms. The number of sulfone groups is 1. The van der Waals surface area contributed by atoms with Gasteiger partial charge in [0, 0.05) is 51.1 Å². The molecule has 1 N–H and O–H groups in total. The highest BCUT2D eigenvalue weighted by molar-refractivity contribution is 7.92. The third kappa shape index (κ3) is 4.74. The second-order valence-corrected chi connectivity index (χ2v) is 11.4. The maximum absolute atomic E-state index is 12.2. The van der Waals surface area contributed by atoms with Crippen LogP contribution in [-0.2, 0) is 16.3 Å². The molecule has 3 heterocycles. The number of hydrogen-bond donors (Lipinski definition) is 1. The normalized spacial score (nSPS) is 22.3. The van der Waals surface area contributed by atoms with Crippen LogP contribution in [0.5, 0.6) is 0 Å². The Balaban J connectivity index is 1.61. The third-order valence-electron chi connectivity index (χ3n) is 5.22. The van der Waals surface area contributed by atoms with Gasteiger partial charge in [-0.2, -0.15) is 0 Å². The highest BCUT2D eigenvalue weighted by Gasteiger charge is 2.40. The fraction of sp³-hybridized carbons (Fsp3) is 0.778. The van der Waals surface area contributed by atoms with Gasteiger partial charge < -0.3 is 15.1 Å². The van der Waals surface area contributed by atoms with Crippen LogP contribution in [0.2, 0.25) is 0 Å². The minimum atomic E-state index is -3.05. The zero-order chi connectivity index (χ0) is 19.5. The Labute approximate surface area is 166 Å².